The minimum absolute atomic E-state index is 0.201. The van der Waals surface area contributed by atoms with Crippen molar-refractivity contribution in [3.8, 4) is 0 Å². The molecule has 9 heteroatoms. The van der Waals surface area contributed by atoms with E-state index in [1.165, 1.54) is 23.5 Å². The molecular weight excluding hydrogens is 391 g/mol. The van der Waals surface area contributed by atoms with Crippen LogP contribution in [0.4, 0.5) is 20.1 Å². The summed E-state index contributed by atoms with van der Waals surface area (Å²) < 4.78 is 14.1. The van der Waals surface area contributed by atoms with Gasteiger partial charge in [-0.05, 0) is 18.2 Å². The molecule has 2 amide bonds. The minimum Gasteiger partial charge on any atom is -0.351 e. The molecule has 0 spiro atoms. The van der Waals surface area contributed by atoms with Gasteiger partial charge in [0.2, 0.25) is 0 Å². The van der Waals surface area contributed by atoms with Crippen molar-refractivity contribution < 1.29 is 9.18 Å². The van der Waals surface area contributed by atoms with Gasteiger partial charge in [0.1, 0.15) is 5.82 Å². The van der Waals surface area contributed by atoms with E-state index in [1.807, 2.05) is 24.3 Å². The Bertz CT molecular complexity index is 1200. The third-order valence-corrected chi connectivity index (χ3v) is 5.92. The lowest BCUT2D eigenvalue weighted by atomic mass is 10.2. The van der Waals surface area contributed by atoms with Gasteiger partial charge in [-0.25, -0.2) is 14.2 Å². The van der Waals surface area contributed by atoms with Gasteiger partial charge >= 0.3 is 6.03 Å². The van der Waals surface area contributed by atoms with E-state index >= 15 is 0 Å². The second kappa shape index (κ2) is 7.25. The number of halogens is 1. The maximum atomic E-state index is 13.3. The first-order valence-electron chi connectivity index (χ1n) is 9.25. The Hall–Kier alpha value is -3.33. The highest BCUT2D eigenvalue weighted by atomic mass is 32.1. The molecule has 0 aliphatic carbocycles. The molecule has 1 aliphatic rings. The van der Waals surface area contributed by atoms with Crippen LogP contribution in [0.15, 0.2) is 48.7 Å². The molecule has 146 valence electrons. The number of aromatic nitrogens is 3. The van der Waals surface area contributed by atoms with E-state index in [0.29, 0.717) is 41.5 Å². The number of hydrogen-bond acceptors (Lipinski definition) is 6. The van der Waals surface area contributed by atoms with Crippen LogP contribution in [0, 0.1) is 5.82 Å². The maximum Gasteiger partial charge on any atom is 0.323 e. The molecule has 0 atom stereocenters. The molecule has 0 saturated carbocycles. The highest BCUT2D eigenvalue weighted by Crippen LogP contribution is 2.27. The van der Waals surface area contributed by atoms with Gasteiger partial charge in [-0.2, -0.15) is 5.10 Å². The number of piperazine rings is 1. The number of rotatable bonds is 2. The highest BCUT2D eigenvalue weighted by Gasteiger charge is 2.24. The summed E-state index contributed by atoms with van der Waals surface area (Å²) in [5.41, 5.74) is 0.672. The second-order valence-corrected chi connectivity index (χ2v) is 7.82. The largest absolute Gasteiger partial charge is 0.351 e. The Morgan fingerprint density at radius 2 is 1.93 bits per heavy atom. The summed E-state index contributed by atoms with van der Waals surface area (Å²) in [7, 11) is 0. The van der Waals surface area contributed by atoms with Gasteiger partial charge < -0.3 is 9.80 Å². The van der Waals surface area contributed by atoms with Crippen LogP contribution in [0.25, 0.3) is 21.0 Å². The molecule has 1 fully saturated rings. The summed E-state index contributed by atoms with van der Waals surface area (Å²) in [6.07, 6.45) is 1.76. The number of nitrogens with zero attached hydrogens (tertiary/aromatic N) is 5. The number of nitrogens with one attached hydrogen (secondary N) is 1. The second-order valence-electron chi connectivity index (χ2n) is 6.79. The van der Waals surface area contributed by atoms with Crippen molar-refractivity contribution in [2.45, 2.75) is 0 Å². The summed E-state index contributed by atoms with van der Waals surface area (Å²) >= 11 is 1.26. The summed E-state index contributed by atoms with van der Waals surface area (Å²) in [6, 6.07) is 12.2. The van der Waals surface area contributed by atoms with Gasteiger partial charge in [0, 0.05) is 37.0 Å². The van der Waals surface area contributed by atoms with Crippen molar-refractivity contribution >= 4 is 49.3 Å². The predicted molar refractivity (Wildman–Crippen MR) is 112 cm³/mol. The van der Waals surface area contributed by atoms with Crippen LogP contribution in [0.2, 0.25) is 0 Å². The van der Waals surface area contributed by atoms with E-state index < -0.39 is 0 Å². The van der Waals surface area contributed by atoms with Crippen LogP contribution in [0.5, 0.6) is 0 Å². The fourth-order valence-corrected chi connectivity index (χ4v) is 4.37. The summed E-state index contributed by atoms with van der Waals surface area (Å²) in [4.78, 5) is 20.9. The molecule has 2 aromatic carbocycles. The number of benzene rings is 2. The van der Waals surface area contributed by atoms with Crippen LogP contribution in [-0.4, -0.2) is 52.3 Å². The van der Waals surface area contributed by atoms with E-state index in [0.717, 1.165) is 16.6 Å². The first-order chi connectivity index (χ1) is 14.2. The van der Waals surface area contributed by atoms with Gasteiger partial charge in [0.15, 0.2) is 10.9 Å². The van der Waals surface area contributed by atoms with Crippen molar-refractivity contribution in [3.05, 3.63) is 54.5 Å². The zero-order valence-electron chi connectivity index (χ0n) is 15.4. The lowest BCUT2D eigenvalue weighted by Gasteiger charge is -2.35. The average molecular weight is 408 g/mol. The minimum atomic E-state index is -0.313. The van der Waals surface area contributed by atoms with Crippen LogP contribution in [-0.2, 0) is 0 Å². The number of anilines is 2. The molecule has 1 aliphatic heterocycles. The molecule has 29 heavy (non-hydrogen) atoms. The molecule has 4 aromatic rings. The summed E-state index contributed by atoms with van der Waals surface area (Å²) in [5, 5.41) is 13.8. The van der Waals surface area contributed by atoms with Crippen LogP contribution >= 0.6 is 11.3 Å². The quantitative estimate of drug-likeness (QED) is 0.547. The van der Waals surface area contributed by atoms with E-state index in [4.69, 9.17) is 0 Å². The zero-order valence-corrected chi connectivity index (χ0v) is 16.2. The van der Waals surface area contributed by atoms with E-state index in [-0.39, 0.29) is 11.8 Å². The molecule has 1 saturated heterocycles. The molecule has 3 heterocycles. The monoisotopic (exact) mass is 408 g/mol. The first-order valence-corrected chi connectivity index (χ1v) is 10.1. The lowest BCUT2D eigenvalue weighted by Crippen LogP contribution is -2.50. The fraction of sp³-hybridized carbons (Fsp3) is 0.200. The molecule has 0 unspecified atom stereocenters. The first kappa shape index (κ1) is 17.7. The van der Waals surface area contributed by atoms with E-state index in [2.05, 4.69) is 25.4 Å². The normalized spacial score (nSPS) is 14.5. The number of fused-ring (bicyclic) bond motifs is 2. The SMILES string of the molecule is O=C(Nc1nc2ccc(F)cc2s1)N1CCN(c2nncc3ccccc23)CC1. The third-order valence-electron chi connectivity index (χ3n) is 4.98. The van der Waals surface area contributed by atoms with Crippen LogP contribution < -0.4 is 10.2 Å². The topological polar surface area (TPSA) is 74.2 Å². The summed E-state index contributed by atoms with van der Waals surface area (Å²) in [5.74, 6) is 0.531. The van der Waals surface area contributed by atoms with E-state index in [1.54, 1.807) is 17.2 Å². The Morgan fingerprint density at radius 3 is 2.79 bits per heavy atom. The molecule has 5 rings (SSSR count). The van der Waals surface area contributed by atoms with Gasteiger partial charge in [-0.1, -0.05) is 35.6 Å². The Balaban J connectivity index is 1.26. The number of thiazole rings is 1. The number of carbonyl (C=O) groups excluding carboxylic acids is 1. The van der Waals surface area contributed by atoms with Crippen molar-refractivity contribution in [1.29, 1.82) is 0 Å². The standard InChI is InChI=1S/C20H17FN6OS/c21-14-5-6-16-17(11-14)29-19(23-16)24-20(28)27-9-7-26(8-10-27)18-15-4-2-1-3-13(15)12-22-25-18/h1-6,11-12H,7-10H2,(H,23,24,28). The Morgan fingerprint density at radius 1 is 1.10 bits per heavy atom. The predicted octanol–water partition coefficient (Wildman–Crippen LogP) is 3.73. The van der Waals surface area contributed by atoms with Crippen molar-refractivity contribution in [2.75, 3.05) is 36.4 Å². The molecule has 2 aromatic heterocycles. The van der Waals surface area contributed by atoms with Gasteiger partial charge in [-0.3, -0.25) is 5.32 Å². The Kier molecular flexibility index (Phi) is 4.44. The molecule has 0 bridgehead atoms. The van der Waals surface area contributed by atoms with Crippen LogP contribution in [0.3, 0.4) is 0 Å². The van der Waals surface area contributed by atoms with E-state index in [9.17, 15) is 9.18 Å². The highest BCUT2D eigenvalue weighted by molar-refractivity contribution is 7.22. The zero-order chi connectivity index (χ0) is 19.8. The number of urea groups is 1. The molecule has 0 radical (unpaired) electrons. The average Bonchev–Trinajstić information content (AvgIpc) is 3.14. The van der Waals surface area contributed by atoms with Gasteiger partial charge in [-0.15, -0.1) is 5.10 Å². The number of amides is 2. The van der Waals surface area contributed by atoms with Crippen molar-refractivity contribution in [1.82, 2.24) is 20.1 Å². The Labute approximate surface area is 169 Å². The third kappa shape index (κ3) is 3.44. The van der Waals surface area contributed by atoms with Crippen LogP contribution in [0.1, 0.15) is 0 Å². The molecule has 7 nitrogen and oxygen atoms in total. The maximum absolute atomic E-state index is 13.3. The number of carbonyl (C=O) groups is 1. The molecule has 1 N–H and O–H groups in total. The van der Waals surface area contributed by atoms with Gasteiger partial charge in [0.25, 0.3) is 0 Å². The van der Waals surface area contributed by atoms with Crippen molar-refractivity contribution in [2.24, 2.45) is 0 Å². The number of hydrogen-bond donors (Lipinski definition) is 1. The smallest absolute Gasteiger partial charge is 0.323 e. The lowest BCUT2D eigenvalue weighted by molar-refractivity contribution is 0.208. The molecular formula is C20H17FN6OS. The fourth-order valence-electron chi connectivity index (χ4n) is 3.49. The van der Waals surface area contributed by atoms with Gasteiger partial charge in [0.05, 0.1) is 16.4 Å². The summed E-state index contributed by atoms with van der Waals surface area (Å²) in [6.45, 7) is 2.47. The van der Waals surface area contributed by atoms with Crippen molar-refractivity contribution in [3.63, 3.8) is 0 Å².